The highest BCUT2D eigenvalue weighted by Gasteiger charge is 2.03. The van der Waals surface area contributed by atoms with Crippen LogP contribution >= 0.6 is 11.3 Å². The molecule has 2 nitrogen and oxygen atoms in total. The van der Waals surface area contributed by atoms with Gasteiger partial charge in [0.05, 0.1) is 5.01 Å². The van der Waals surface area contributed by atoms with E-state index >= 15 is 0 Å². The van der Waals surface area contributed by atoms with Crippen molar-refractivity contribution in [3.05, 3.63) is 16.1 Å². The van der Waals surface area contributed by atoms with Gasteiger partial charge in [-0.1, -0.05) is 6.92 Å². The predicted molar refractivity (Wildman–Crippen MR) is 46.8 cm³/mol. The summed E-state index contributed by atoms with van der Waals surface area (Å²) in [6, 6.07) is 0. The normalized spacial score (nSPS) is 13.4. The number of thiazole rings is 1. The molecule has 0 saturated carbocycles. The first kappa shape index (κ1) is 8.68. The van der Waals surface area contributed by atoms with Crippen LogP contribution in [0.2, 0.25) is 0 Å². The molecule has 0 amide bonds. The Kier molecular flexibility index (Phi) is 3.02. The zero-order valence-electron chi connectivity index (χ0n) is 6.87. The Morgan fingerprint density at radius 2 is 2.45 bits per heavy atom. The van der Waals surface area contributed by atoms with Crippen LogP contribution in [-0.4, -0.2) is 16.7 Å². The molecule has 0 radical (unpaired) electrons. The lowest BCUT2D eigenvalue weighted by Gasteiger charge is -2.02. The largest absolute Gasteiger partial charge is 0.396 e. The molecule has 1 aromatic heterocycles. The van der Waals surface area contributed by atoms with Crippen LogP contribution in [0.5, 0.6) is 0 Å². The van der Waals surface area contributed by atoms with Crippen LogP contribution in [0.3, 0.4) is 0 Å². The van der Waals surface area contributed by atoms with Gasteiger partial charge in [-0.25, -0.2) is 4.98 Å². The fourth-order valence-corrected chi connectivity index (χ4v) is 1.87. The number of aliphatic hydroxyl groups excluding tert-OH is 1. The summed E-state index contributed by atoms with van der Waals surface area (Å²) in [4.78, 5) is 5.41. The minimum Gasteiger partial charge on any atom is -0.396 e. The summed E-state index contributed by atoms with van der Waals surface area (Å²) in [6.07, 6.45) is 2.84. The van der Waals surface area contributed by atoms with E-state index in [1.807, 2.05) is 20.0 Å². The number of nitrogens with zero attached hydrogens (tertiary/aromatic N) is 1. The second-order valence-corrected chi connectivity index (χ2v) is 4.16. The van der Waals surface area contributed by atoms with E-state index in [1.54, 1.807) is 11.3 Å². The molecule has 1 N–H and O–H groups in total. The smallest absolute Gasteiger partial charge is 0.0896 e. The van der Waals surface area contributed by atoms with E-state index in [0.29, 0.717) is 5.92 Å². The van der Waals surface area contributed by atoms with Crippen molar-refractivity contribution in [3.8, 4) is 0 Å². The number of aromatic nitrogens is 1. The van der Waals surface area contributed by atoms with E-state index in [-0.39, 0.29) is 6.61 Å². The van der Waals surface area contributed by atoms with Crippen LogP contribution in [0.4, 0.5) is 0 Å². The molecule has 0 bridgehead atoms. The van der Waals surface area contributed by atoms with Crippen molar-refractivity contribution in [2.24, 2.45) is 5.92 Å². The summed E-state index contributed by atoms with van der Waals surface area (Å²) in [7, 11) is 0. The maximum atomic E-state index is 8.79. The SMILES string of the molecule is Cc1ncc(CC(C)CO)s1. The predicted octanol–water partition coefficient (Wildman–Crippen LogP) is 1.62. The van der Waals surface area contributed by atoms with Gasteiger partial charge in [0.1, 0.15) is 0 Å². The summed E-state index contributed by atoms with van der Waals surface area (Å²) in [5.74, 6) is 0.356. The molecule has 0 spiro atoms. The lowest BCUT2D eigenvalue weighted by atomic mass is 10.1. The van der Waals surface area contributed by atoms with Gasteiger partial charge in [-0.2, -0.15) is 0 Å². The zero-order valence-corrected chi connectivity index (χ0v) is 7.69. The highest BCUT2D eigenvalue weighted by molar-refractivity contribution is 7.11. The highest BCUT2D eigenvalue weighted by Crippen LogP contribution is 2.15. The van der Waals surface area contributed by atoms with Gasteiger partial charge in [-0.15, -0.1) is 11.3 Å². The summed E-state index contributed by atoms with van der Waals surface area (Å²) in [6.45, 7) is 4.30. The standard InChI is InChI=1S/C8H13NOS/c1-6(5-10)3-8-4-9-7(2)11-8/h4,6,10H,3,5H2,1-2H3. The van der Waals surface area contributed by atoms with E-state index in [4.69, 9.17) is 5.11 Å². The van der Waals surface area contributed by atoms with Crippen molar-refractivity contribution in [3.63, 3.8) is 0 Å². The van der Waals surface area contributed by atoms with E-state index in [9.17, 15) is 0 Å². The molecule has 0 saturated heterocycles. The molecule has 0 aliphatic heterocycles. The van der Waals surface area contributed by atoms with E-state index in [1.165, 1.54) is 4.88 Å². The average Bonchev–Trinajstić information content (AvgIpc) is 2.35. The molecular weight excluding hydrogens is 158 g/mol. The van der Waals surface area contributed by atoms with Crippen LogP contribution in [0, 0.1) is 12.8 Å². The van der Waals surface area contributed by atoms with Gasteiger partial charge < -0.3 is 5.11 Å². The van der Waals surface area contributed by atoms with E-state index < -0.39 is 0 Å². The molecule has 1 heterocycles. The molecule has 3 heteroatoms. The van der Waals surface area contributed by atoms with Crippen LogP contribution in [-0.2, 0) is 6.42 Å². The third-order valence-corrected chi connectivity index (χ3v) is 2.47. The summed E-state index contributed by atoms with van der Waals surface area (Å²) in [5, 5.41) is 9.89. The van der Waals surface area contributed by atoms with Crippen molar-refractivity contribution in [1.29, 1.82) is 0 Å². The lowest BCUT2D eigenvalue weighted by Crippen LogP contribution is -2.02. The van der Waals surface area contributed by atoms with Crippen molar-refractivity contribution in [2.75, 3.05) is 6.61 Å². The molecule has 0 aliphatic rings. The summed E-state index contributed by atoms with van der Waals surface area (Å²) < 4.78 is 0. The van der Waals surface area contributed by atoms with Crippen LogP contribution in [0.1, 0.15) is 16.8 Å². The highest BCUT2D eigenvalue weighted by atomic mass is 32.1. The molecule has 1 aromatic rings. The first-order valence-electron chi connectivity index (χ1n) is 3.74. The van der Waals surface area contributed by atoms with Crippen molar-refractivity contribution in [1.82, 2.24) is 4.98 Å². The first-order chi connectivity index (χ1) is 5.22. The van der Waals surface area contributed by atoms with Crippen LogP contribution in [0.25, 0.3) is 0 Å². The average molecular weight is 171 g/mol. The van der Waals surface area contributed by atoms with Gasteiger partial charge in [0.25, 0.3) is 0 Å². The van der Waals surface area contributed by atoms with Crippen LogP contribution < -0.4 is 0 Å². The third kappa shape index (κ3) is 2.60. The second kappa shape index (κ2) is 3.83. The Labute approximate surface area is 70.9 Å². The van der Waals surface area contributed by atoms with E-state index in [2.05, 4.69) is 4.98 Å². The number of aryl methyl sites for hydroxylation is 1. The Morgan fingerprint density at radius 3 is 2.91 bits per heavy atom. The summed E-state index contributed by atoms with van der Waals surface area (Å²) >= 11 is 1.71. The fourth-order valence-electron chi connectivity index (χ4n) is 0.908. The number of rotatable bonds is 3. The third-order valence-electron chi connectivity index (χ3n) is 1.53. The van der Waals surface area contributed by atoms with Crippen molar-refractivity contribution < 1.29 is 5.11 Å². The molecule has 1 atom stereocenters. The lowest BCUT2D eigenvalue weighted by molar-refractivity contribution is 0.237. The maximum Gasteiger partial charge on any atom is 0.0896 e. The minimum absolute atomic E-state index is 0.261. The van der Waals surface area contributed by atoms with Crippen molar-refractivity contribution in [2.45, 2.75) is 20.3 Å². The van der Waals surface area contributed by atoms with Crippen LogP contribution in [0.15, 0.2) is 6.20 Å². The van der Waals surface area contributed by atoms with Crippen molar-refractivity contribution >= 4 is 11.3 Å². The van der Waals surface area contributed by atoms with Gasteiger partial charge in [0.2, 0.25) is 0 Å². The second-order valence-electron chi connectivity index (χ2n) is 2.84. The molecular formula is C8H13NOS. The number of aliphatic hydroxyl groups is 1. The minimum atomic E-state index is 0.261. The molecule has 1 unspecified atom stereocenters. The van der Waals surface area contributed by atoms with Gasteiger partial charge in [0, 0.05) is 17.7 Å². The molecule has 11 heavy (non-hydrogen) atoms. The van der Waals surface area contributed by atoms with E-state index in [0.717, 1.165) is 11.4 Å². The van der Waals surface area contributed by atoms with Gasteiger partial charge in [-0.3, -0.25) is 0 Å². The Morgan fingerprint density at radius 1 is 1.73 bits per heavy atom. The number of hydrogen-bond donors (Lipinski definition) is 1. The Balaban J connectivity index is 2.50. The molecule has 0 fully saturated rings. The number of hydrogen-bond acceptors (Lipinski definition) is 3. The quantitative estimate of drug-likeness (QED) is 0.749. The topological polar surface area (TPSA) is 33.1 Å². The Bertz CT molecular complexity index is 222. The van der Waals surface area contributed by atoms with Gasteiger partial charge in [0.15, 0.2) is 0 Å². The van der Waals surface area contributed by atoms with Gasteiger partial charge >= 0.3 is 0 Å². The monoisotopic (exact) mass is 171 g/mol. The molecule has 0 aromatic carbocycles. The first-order valence-corrected chi connectivity index (χ1v) is 4.56. The Hall–Kier alpha value is -0.410. The summed E-state index contributed by atoms with van der Waals surface area (Å²) in [5.41, 5.74) is 0. The maximum absolute atomic E-state index is 8.79. The molecule has 1 rings (SSSR count). The zero-order chi connectivity index (χ0) is 8.27. The fraction of sp³-hybridized carbons (Fsp3) is 0.625. The molecule has 0 aliphatic carbocycles. The van der Waals surface area contributed by atoms with Gasteiger partial charge in [-0.05, 0) is 19.3 Å². The molecule has 62 valence electrons.